The number of likely N-dealkylation sites (tertiary alicyclic amines) is 2. The van der Waals surface area contributed by atoms with Crippen LogP contribution in [-0.2, 0) is 16.0 Å². The fourth-order valence-corrected chi connectivity index (χ4v) is 4.19. The molecule has 6 nitrogen and oxygen atoms in total. The summed E-state index contributed by atoms with van der Waals surface area (Å²) in [4.78, 5) is 39.8. The van der Waals surface area contributed by atoms with Crippen LogP contribution in [0.4, 0.5) is 0 Å². The summed E-state index contributed by atoms with van der Waals surface area (Å²) in [6.07, 6.45) is 3.63. The zero-order valence-corrected chi connectivity index (χ0v) is 13.7. The van der Waals surface area contributed by atoms with Crippen LogP contribution < -0.4 is 0 Å². The van der Waals surface area contributed by atoms with E-state index in [1.807, 2.05) is 9.80 Å². The third kappa shape index (κ3) is 3.55. The Hall–Kier alpha value is -1.89. The lowest BCUT2D eigenvalue weighted by Crippen LogP contribution is -2.50. The topological polar surface area (TPSA) is 77.9 Å². The summed E-state index contributed by atoms with van der Waals surface area (Å²) in [5, 5.41) is 10.5. The van der Waals surface area contributed by atoms with Crippen LogP contribution in [0.3, 0.4) is 0 Å². The largest absolute Gasteiger partial charge is 0.478 e. The number of piperidine rings is 1. The van der Waals surface area contributed by atoms with Crippen molar-refractivity contribution in [2.24, 2.45) is 0 Å². The molecule has 1 N–H and O–H groups in total. The molecule has 3 heterocycles. The standard InChI is InChI=1S/C16H20N2O4S/c19-14-4-2-6-18(14)12-3-1-5-17(9-12)15(20)8-13-7-11(10-23-13)16(21)22/h7,10,12H,1-6,8-9H2,(H,21,22). The molecule has 2 saturated heterocycles. The first kappa shape index (κ1) is 16.0. The predicted octanol–water partition coefficient (Wildman–Crippen LogP) is 1.60. The van der Waals surface area contributed by atoms with Gasteiger partial charge in [0.05, 0.1) is 12.0 Å². The fourth-order valence-electron chi connectivity index (χ4n) is 3.34. The molecule has 0 saturated carbocycles. The van der Waals surface area contributed by atoms with Gasteiger partial charge >= 0.3 is 5.97 Å². The summed E-state index contributed by atoms with van der Waals surface area (Å²) in [6.45, 7) is 2.12. The zero-order valence-electron chi connectivity index (χ0n) is 12.9. The van der Waals surface area contributed by atoms with Crippen LogP contribution >= 0.6 is 11.3 Å². The molecule has 1 aromatic heterocycles. The molecule has 124 valence electrons. The van der Waals surface area contributed by atoms with E-state index < -0.39 is 5.97 Å². The minimum Gasteiger partial charge on any atom is -0.478 e. The van der Waals surface area contributed by atoms with E-state index in [1.165, 1.54) is 11.3 Å². The molecule has 1 aromatic rings. The highest BCUT2D eigenvalue weighted by atomic mass is 32.1. The van der Waals surface area contributed by atoms with Crippen LogP contribution in [0.15, 0.2) is 11.4 Å². The Morgan fingerprint density at radius 1 is 1.30 bits per heavy atom. The van der Waals surface area contributed by atoms with Crippen LogP contribution in [0.1, 0.15) is 40.9 Å². The van der Waals surface area contributed by atoms with Crippen LogP contribution in [0.2, 0.25) is 0 Å². The first-order valence-corrected chi connectivity index (χ1v) is 8.80. The van der Waals surface area contributed by atoms with Gasteiger partial charge in [-0.15, -0.1) is 11.3 Å². The number of thiophene rings is 1. The van der Waals surface area contributed by atoms with Gasteiger partial charge in [-0.25, -0.2) is 4.79 Å². The van der Waals surface area contributed by atoms with Gasteiger partial charge in [-0.3, -0.25) is 9.59 Å². The lowest BCUT2D eigenvalue weighted by Gasteiger charge is -2.37. The monoisotopic (exact) mass is 336 g/mol. The molecule has 0 aliphatic carbocycles. The third-order valence-electron chi connectivity index (χ3n) is 4.53. The molecule has 1 unspecified atom stereocenters. The van der Waals surface area contributed by atoms with E-state index in [2.05, 4.69) is 0 Å². The number of carbonyl (C=O) groups excluding carboxylic acids is 2. The van der Waals surface area contributed by atoms with Gasteiger partial charge in [-0.05, 0) is 25.3 Å². The zero-order chi connectivity index (χ0) is 16.4. The number of carbonyl (C=O) groups is 3. The minimum absolute atomic E-state index is 0.0140. The van der Waals surface area contributed by atoms with Gasteiger partial charge in [-0.2, -0.15) is 0 Å². The quantitative estimate of drug-likeness (QED) is 0.906. The number of carboxylic acids is 1. The number of hydrogen-bond donors (Lipinski definition) is 1. The maximum absolute atomic E-state index is 12.5. The van der Waals surface area contributed by atoms with Crippen molar-refractivity contribution in [2.45, 2.75) is 38.1 Å². The fraction of sp³-hybridized carbons (Fsp3) is 0.562. The molecule has 2 aliphatic heterocycles. The predicted molar refractivity (Wildman–Crippen MR) is 85.5 cm³/mol. The molecule has 0 bridgehead atoms. The summed E-state index contributed by atoms with van der Waals surface area (Å²) in [6, 6.07) is 1.71. The van der Waals surface area contributed by atoms with E-state index in [0.29, 0.717) is 19.5 Å². The number of nitrogens with zero attached hydrogens (tertiary/aromatic N) is 2. The van der Waals surface area contributed by atoms with Crippen LogP contribution in [0.25, 0.3) is 0 Å². The first-order valence-electron chi connectivity index (χ1n) is 7.92. The summed E-state index contributed by atoms with van der Waals surface area (Å²) < 4.78 is 0. The maximum Gasteiger partial charge on any atom is 0.336 e. The van der Waals surface area contributed by atoms with Crippen molar-refractivity contribution in [1.82, 2.24) is 9.80 Å². The highest BCUT2D eigenvalue weighted by molar-refractivity contribution is 7.10. The molecule has 0 aromatic carbocycles. The lowest BCUT2D eigenvalue weighted by molar-refractivity contribution is -0.137. The Bertz CT molecular complexity index is 627. The summed E-state index contributed by atoms with van der Waals surface area (Å²) in [7, 11) is 0. The van der Waals surface area contributed by atoms with E-state index in [-0.39, 0.29) is 29.8 Å². The van der Waals surface area contributed by atoms with Gasteiger partial charge in [0.1, 0.15) is 0 Å². The van der Waals surface area contributed by atoms with Crippen molar-refractivity contribution < 1.29 is 19.5 Å². The van der Waals surface area contributed by atoms with Crippen molar-refractivity contribution in [3.05, 3.63) is 21.9 Å². The average Bonchev–Trinajstić information content (AvgIpc) is 3.16. The van der Waals surface area contributed by atoms with Crippen molar-refractivity contribution in [3.8, 4) is 0 Å². The van der Waals surface area contributed by atoms with Crippen molar-refractivity contribution >= 4 is 29.1 Å². The highest BCUT2D eigenvalue weighted by Gasteiger charge is 2.32. The molecule has 7 heteroatoms. The van der Waals surface area contributed by atoms with E-state index in [9.17, 15) is 14.4 Å². The second-order valence-electron chi connectivity index (χ2n) is 6.11. The lowest BCUT2D eigenvalue weighted by atomic mass is 10.0. The Morgan fingerprint density at radius 3 is 2.78 bits per heavy atom. The van der Waals surface area contributed by atoms with E-state index in [4.69, 9.17) is 5.11 Å². The van der Waals surface area contributed by atoms with Crippen molar-refractivity contribution in [3.63, 3.8) is 0 Å². The number of hydrogen-bond acceptors (Lipinski definition) is 4. The van der Waals surface area contributed by atoms with E-state index in [1.54, 1.807) is 11.4 Å². The Balaban J connectivity index is 1.60. The molecule has 2 fully saturated rings. The molecule has 1 atom stereocenters. The second-order valence-corrected chi connectivity index (χ2v) is 7.11. The summed E-state index contributed by atoms with van der Waals surface area (Å²) >= 11 is 1.30. The van der Waals surface area contributed by atoms with Gasteiger partial charge < -0.3 is 14.9 Å². The molecular formula is C16H20N2O4S. The molecule has 0 radical (unpaired) electrons. The van der Waals surface area contributed by atoms with Gasteiger partial charge in [0.25, 0.3) is 0 Å². The maximum atomic E-state index is 12.5. The molecule has 23 heavy (non-hydrogen) atoms. The first-order chi connectivity index (χ1) is 11.0. The van der Waals surface area contributed by atoms with E-state index in [0.717, 1.165) is 30.7 Å². The van der Waals surface area contributed by atoms with Gasteiger partial charge in [0.2, 0.25) is 11.8 Å². The third-order valence-corrected chi connectivity index (χ3v) is 5.46. The smallest absolute Gasteiger partial charge is 0.336 e. The number of rotatable bonds is 4. The number of aromatic carboxylic acids is 1. The van der Waals surface area contributed by atoms with Crippen molar-refractivity contribution in [1.29, 1.82) is 0 Å². The normalized spacial score (nSPS) is 21.7. The molecular weight excluding hydrogens is 316 g/mol. The Morgan fingerprint density at radius 2 is 2.13 bits per heavy atom. The van der Waals surface area contributed by atoms with E-state index >= 15 is 0 Å². The Kier molecular flexibility index (Phi) is 4.66. The average molecular weight is 336 g/mol. The summed E-state index contributed by atoms with van der Waals surface area (Å²) in [5.74, 6) is -0.751. The Labute approximate surface area is 138 Å². The SMILES string of the molecule is O=C(O)c1csc(CC(=O)N2CCCC(N3CCCC3=O)C2)c1. The summed E-state index contributed by atoms with van der Waals surface area (Å²) in [5.41, 5.74) is 0.233. The van der Waals surface area contributed by atoms with Crippen LogP contribution in [0.5, 0.6) is 0 Å². The number of carboxylic acid groups (broad SMARTS) is 1. The van der Waals surface area contributed by atoms with Gasteiger partial charge in [0, 0.05) is 42.4 Å². The molecule has 0 spiro atoms. The molecule has 2 amide bonds. The van der Waals surface area contributed by atoms with Gasteiger partial charge in [-0.1, -0.05) is 0 Å². The van der Waals surface area contributed by atoms with Crippen molar-refractivity contribution in [2.75, 3.05) is 19.6 Å². The number of amides is 2. The minimum atomic E-state index is -0.967. The van der Waals surface area contributed by atoms with Gasteiger partial charge in [0.15, 0.2) is 0 Å². The molecule has 2 aliphatic rings. The van der Waals surface area contributed by atoms with Crippen LogP contribution in [0, 0.1) is 0 Å². The second kappa shape index (κ2) is 6.70. The molecule has 3 rings (SSSR count). The van der Waals surface area contributed by atoms with Crippen LogP contribution in [-0.4, -0.2) is 58.4 Å². The highest BCUT2D eigenvalue weighted by Crippen LogP contribution is 2.23.